The van der Waals surface area contributed by atoms with E-state index in [9.17, 15) is 18.0 Å². The van der Waals surface area contributed by atoms with Gasteiger partial charge in [0.2, 0.25) is 0 Å². The average Bonchev–Trinajstić information content (AvgIpc) is 3.01. The SMILES string of the molecule is Cc1ccc(S(=O)(=O)Oc2ccc3ccccc3c2C=C2C(=O)N(c3ccccc3)C(=S)N(c3ccccc3)C2=O)cc1. The Morgan fingerprint density at radius 2 is 1.21 bits per heavy atom. The smallest absolute Gasteiger partial charge is 0.339 e. The lowest BCUT2D eigenvalue weighted by molar-refractivity contribution is -0.120. The molecule has 0 aliphatic carbocycles. The van der Waals surface area contributed by atoms with E-state index in [0.717, 1.165) is 10.9 Å². The van der Waals surface area contributed by atoms with Crippen LogP contribution in [0, 0.1) is 6.92 Å². The number of amides is 2. The van der Waals surface area contributed by atoms with Crippen LogP contribution in [0.4, 0.5) is 11.4 Å². The minimum atomic E-state index is -4.25. The van der Waals surface area contributed by atoms with Gasteiger partial charge in [0.15, 0.2) is 10.9 Å². The summed E-state index contributed by atoms with van der Waals surface area (Å²) in [4.78, 5) is 30.7. The Balaban J connectivity index is 1.54. The van der Waals surface area contributed by atoms with Crippen LogP contribution in [0.25, 0.3) is 16.8 Å². The van der Waals surface area contributed by atoms with Crippen molar-refractivity contribution in [2.75, 3.05) is 9.80 Å². The number of rotatable bonds is 6. The molecule has 0 bridgehead atoms. The first-order valence-corrected chi connectivity index (χ1v) is 15.1. The molecule has 0 unspecified atom stereocenters. The second-order valence-electron chi connectivity index (χ2n) is 9.84. The van der Waals surface area contributed by atoms with E-state index in [4.69, 9.17) is 16.4 Å². The van der Waals surface area contributed by atoms with Crippen LogP contribution in [0.3, 0.4) is 0 Å². The van der Waals surface area contributed by atoms with Crippen molar-refractivity contribution >= 4 is 67.5 Å². The molecule has 9 heteroatoms. The minimum absolute atomic E-state index is 0.000826. The number of carbonyl (C=O) groups excluding carboxylic acids is 2. The molecule has 1 heterocycles. The summed E-state index contributed by atoms with van der Waals surface area (Å²) in [6.45, 7) is 1.85. The molecular weight excluding hydrogens is 581 g/mol. The van der Waals surface area contributed by atoms with Crippen LogP contribution in [-0.4, -0.2) is 25.3 Å². The lowest BCUT2D eigenvalue weighted by atomic mass is 9.99. The molecule has 1 aliphatic heterocycles. The van der Waals surface area contributed by atoms with E-state index in [2.05, 4.69) is 0 Å². The number of aryl methyl sites for hydroxylation is 1. The summed E-state index contributed by atoms with van der Waals surface area (Å²) in [7, 11) is -4.25. The van der Waals surface area contributed by atoms with Crippen LogP contribution in [0.1, 0.15) is 11.1 Å². The zero-order valence-corrected chi connectivity index (χ0v) is 24.5. The van der Waals surface area contributed by atoms with E-state index in [1.54, 1.807) is 78.9 Å². The number of carbonyl (C=O) groups is 2. The molecule has 6 rings (SSSR count). The van der Waals surface area contributed by atoms with Crippen molar-refractivity contribution in [2.45, 2.75) is 11.8 Å². The van der Waals surface area contributed by atoms with Gasteiger partial charge in [0.05, 0.1) is 11.4 Å². The van der Waals surface area contributed by atoms with Crippen LogP contribution in [0.5, 0.6) is 5.75 Å². The van der Waals surface area contributed by atoms with Gasteiger partial charge >= 0.3 is 10.1 Å². The van der Waals surface area contributed by atoms with E-state index >= 15 is 0 Å². The standard InChI is InChI=1S/C34H24N2O5S2/c1-23-16-19-27(20-17-23)43(39,40)41-31-21-18-24-10-8-9-15-28(24)29(31)22-30-32(37)35(25-11-4-2-5-12-25)34(42)36(33(30)38)26-13-6-3-7-14-26/h2-22H,1H3. The molecule has 2 amide bonds. The quantitative estimate of drug-likeness (QED) is 0.0933. The van der Waals surface area contributed by atoms with Gasteiger partial charge in [-0.1, -0.05) is 84.4 Å². The molecule has 0 N–H and O–H groups in total. The molecule has 1 fully saturated rings. The van der Waals surface area contributed by atoms with Gasteiger partial charge in [-0.05, 0) is 78.5 Å². The summed E-state index contributed by atoms with van der Waals surface area (Å²) in [6, 6.07) is 34.4. The number of hydrogen-bond donors (Lipinski definition) is 0. The van der Waals surface area contributed by atoms with Gasteiger partial charge in [-0.15, -0.1) is 0 Å². The van der Waals surface area contributed by atoms with Crippen LogP contribution in [-0.2, 0) is 19.7 Å². The van der Waals surface area contributed by atoms with Crippen molar-refractivity contribution in [3.05, 3.63) is 138 Å². The molecule has 1 aliphatic rings. The van der Waals surface area contributed by atoms with Crippen molar-refractivity contribution in [1.82, 2.24) is 0 Å². The van der Waals surface area contributed by atoms with Gasteiger partial charge in [0.25, 0.3) is 11.8 Å². The van der Waals surface area contributed by atoms with Crippen molar-refractivity contribution < 1.29 is 22.2 Å². The van der Waals surface area contributed by atoms with Crippen LogP contribution >= 0.6 is 12.2 Å². The number of fused-ring (bicyclic) bond motifs is 1. The second-order valence-corrected chi connectivity index (χ2v) is 11.8. The normalized spacial score (nSPS) is 13.9. The van der Waals surface area contributed by atoms with E-state index in [1.165, 1.54) is 34.1 Å². The van der Waals surface area contributed by atoms with Gasteiger partial charge < -0.3 is 4.18 Å². The van der Waals surface area contributed by atoms with Gasteiger partial charge in [-0.2, -0.15) is 8.42 Å². The lowest BCUT2D eigenvalue weighted by Crippen LogP contribution is -2.56. The summed E-state index contributed by atoms with van der Waals surface area (Å²) in [5.74, 6) is -1.32. The molecule has 43 heavy (non-hydrogen) atoms. The monoisotopic (exact) mass is 604 g/mol. The van der Waals surface area contributed by atoms with E-state index in [-0.39, 0.29) is 26.9 Å². The number of thiocarbonyl (C=S) groups is 1. The Hall–Kier alpha value is -5.12. The molecule has 5 aromatic rings. The molecule has 1 saturated heterocycles. The largest absolute Gasteiger partial charge is 0.378 e. The van der Waals surface area contributed by atoms with E-state index < -0.39 is 21.9 Å². The fourth-order valence-corrected chi connectivity index (χ4v) is 6.18. The first-order valence-electron chi connectivity index (χ1n) is 13.3. The van der Waals surface area contributed by atoms with Crippen molar-refractivity contribution in [3.8, 4) is 5.75 Å². The number of para-hydroxylation sites is 2. The van der Waals surface area contributed by atoms with Crippen LogP contribution in [0.2, 0.25) is 0 Å². The maximum Gasteiger partial charge on any atom is 0.339 e. The van der Waals surface area contributed by atoms with Gasteiger partial charge in [0, 0.05) is 5.56 Å². The van der Waals surface area contributed by atoms with Crippen molar-refractivity contribution in [3.63, 3.8) is 0 Å². The Morgan fingerprint density at radius 3 is 1.79 bits per heavy atom. The number of nitrogens with zero attached hydrogens (tertiary/aromatic N) is 2. The third kappa shape index (κ3) is 5.31. The molecule has 0 aromatic heterocycles. The minimum Gasteiger partial charge on any atom is -0.378 e. The number of anilines is 2. The van der Waals surface area contributed by atoms with E-state index in [0.29, 0.717) is 16.8 Å². The summed E-state index contributed by atoms with van der Waals surface area (Å²) < 4.78 is 32.3. The topological polar surface area (TPSA) is 84.0 Å². The van der Waals surface area contributed by atoms with Crippen LogP contribution < -0.4 is 14.0 Å². The third-order valence-electron chi connectivity index (χ3n) is 7.01. The molecule has 0 radical (unpaired) electrons. The predicted molar refractivity (Wildman–Crippen MR) is 171 cm³/mol. The maximum absolute atomic E-state index is 14.1. The molecule has 212 valence electrons. The highest BCUT2D eigenvalue weighted by Gasteiger charge is 2.41. The summed E-state index contributed by atoms with van der Waals surface area (Å²) >= 11 is 5.70. The Morgan fingerprint density at radius 1 is 0.674 bits per heavy atom. The number of benzene rings is 5. The van der Waals surface area contributed by atoms with Gasteiger partial charge in [0.1, 0.15) is 10.5 Å². The van der Waals surface area contributed by atoms with Crippen molar-refractivity contribution in [1.29, 1.82) is 0 Å². The van der Waals surface area contributed by atoms with Gasteiger partial charge in [-0.3, -0.25) is 19.4 Å². The molecule has 5 aromatic carbocycles. The first-order chi connectivity index (χ1) is 20.7. The molecule has 0 saturated carbocycles. The van der Waals surface area contributed by atoms with Crippen LogP contribution in [0.15, 0.2) is 132 Å². The Bertz CT molecular complexity index is 1960. The second kappa shape index (κ2) is 11.3. The number of hydrogen-bond acceptors (Lipinski definition) is 6. The fourth-order valence-electron chi connectivity index (χ4n) is 4.85. The third-order valence-corrected chi connectivity index (χ3v) is 8.62. The molecular formula is C34H24N2O5S2. The summed E-state index contributed by atoms with van der Waals surface area (Å²) in [5, 5.41) is 1.36. The highest BCUT2D eigenvalue weighted by Crippen LogP contribution is 2.35. The Kier molecular flexibility index (Phi) is 7.35. The van der Waals surface area contributed by atoms with E-state index in [1.807, 2.05) is 31.2 Å². The molecule has 0 atom stereocenters. The fraction of sp³-hybridized carbons (Fsp3) is 0.0294. The summed E-state index contributed by atoms with van der Waals surface area (Å²) in [6.07, 6.45) is 1.39. The lowest BCUT2D eigenvalue weighted by Gasteiger charge is -2.36. The molecule has 7 nitrogen and oxygen atoms in total. The highest BCUT2D eigenvalue weighted by atomic mass is 32.2. The van der Waals surface area contributed by atoms with Gasteiger partial charge in [-0.25, -0.2) is 0 Å². The first kappa shape index (κ1) is 28.0. The Labute approximate surface area is 254 Å². The van der Waals surface area contributed by atoms with Crippen molar-refractivity contribution in [2.24, 2.45) is 0 Å². The summed E-state index contributed by atoms with van der Waals surface area (Å²) in [5.41, 5.74) is 1.91. The predicted octanol–water partition coefficient (Wildman–Crippen LogP) is 6.66. The average molecular weight is 605 g/mol. The highest BCUT2D eigenvalue weighted by molar-refractivity contribution is 7.87. The maximum atomic E-state index is 14.1. The zero-order chi connectivity index (χ0) is 30.1. The molecule has 0 spiro atoms. The zero-order valence-electron chi connectivity index (χ0n) is 22.9.